The zero-order valence-corrected chi connectivity index (χ0v) is 9.96. The summed E-state index contributed by atoms with van der Waals surface area (Å²) in [6.45, 7) is 0. The summed E-state index contributed by atoms with van der Waals surface area (Å²) in [4.78, 5) is 13.5. The second kappa shape index (κ2) is 3.34. The van der Waals surface area contributed by atoms with Crippen LogP contribution in [0.5, 0.6) is 0 Å². The largest absolute Gasteiger partial charge is 0.415 e. The average molecular weight is 370 g/mol. The first-order valence-electron chi connectivity index (χ1n) is 3.11. The van der Waals surface area contributed by atoms with Crippen LogP contribution in [-0.4, -0.2) is 4.98 Å². The van der Waals surface area contributed by atoms with Crippen LogP contribution >= 0.6 is 0 Å². The molecule has 0 aliphatic rings. The van der Waals surface area contributed by atoms with Gasteiger partial charge in [-0.3, -0.25) is 0 Å². The molecule has 0 aliphatic heterocycles. The standard InChI is InChI=1S/C8H6NO.U/c10-8-7-4-2-1-3-6(7)5-9-8;/h1-5H,(H,9,10);/q-1;. The van der Waals surface area contributed by atoms with Crippen molar-refractivity contribution in [1.29, 1.82) is 0 Å². The Kier molecular flexibility index (Phi) is 2.64. The Morgan fingerprint density at radius 2 is 2.00 bits per heavy atom. The monoisotopic (exact) mass is 370 g/mol. The van der Waals surface area contributed by atoms with Gasteiger partial charge in [-0.25, -0.2) is 0 Å². The third kappa shape index (κ3) is 1.45. The second-order valence-corrected chi connectivity index (χ2v) is 2.21. The maximum absolute atomic E-state index is 10.9. The molecule has 2 aromatic rings. The Hall–Kier alpha value is -0.388. The molecule has 0 saturated heterocycles. The number of benzene rings is 1. The molecule has 2 nitrogen and oxygen atoms in total. The van der Waals surface area contributed by atoms with Crippen LogP contribution in [0.15, 0.2) is 35.3 Å². The van der Waals surface area contributed by atoms with E-state index < -0.39 is 0 Å². The average Bonchev–Trinajstić information content (AvgIpc) is 2.34. The Morgan fingerprint density at radius 3 is 2.73 bits per heavy atom. The Labute approximate surface area is 87.4 Å². The molecule has 0 bridgehead atoms. The zero-order valence-electron chi connectivity index (χ0n) is 5.79. The SMILES string of the molecule is O=c1[nH][cH-]c2ccccc12.[U]. The van der Waals surface area contributed by atoms with Crippen molar-refractivity contribution in [3.05, 3.63) is 40.8 Å². The van der Waals surface area contributed by atoms with Gasteiger partial charge in [-0.2, -0.15) is 0 Å². The molecule has 11 heavy (non-hydrogen) atoms. The molecule has 0 amide bonds. The van der Waals surface area contributed by atoms with Crippen molar-refractivity contribution in [3.8, 4) is 0 Å². The molecule has 1 N–H and O–H groups in total. The van der Waals surface area contributed by atoms with E-state index in [1.54, 1.807) is 6.20 Å². The fourth-order valence-corrected chi connectivity index (χ4v) is 1.05. The van der Waals surface area contributed by atoms with Crippen LogP contribution in [0.3, 0.4) is 0 Å². The van der Waals surface area contributed by atoms with Crippen LogP contribution in [0.25, 0.3) is 10.8 Å². The van der Waals surface area contributed by atoms with Crippen LogP contribution in [0.4, 0.5) is 0 Å². The summed E-state index contributed by atoms with van der Waals surface area (Å²) in [5.41, 5.74) is -0.00407. The van der Waals surface area contributed by atoms with Crippen LogP contribution in [0, 0.1) is 31.1 Å². The van der Waals surface area contributed by atoms with E-state index in [9.17, 15) is 4.79 Å². The van der Waals surface area contributed by atoms with Gasteiger partial charge in [0.1, 0.15) is 5.56 Å². The van der Waals surface area contributed by atoms with E-state index in [-0.39, 0.29) is 36.7 Å². The van der Waals surface area contributed by atoms with Gasteiger partial charge in [0.05, 0.1) is 0 Å². The Morgan fingerprint density at radius 1 is 1.27 bits per heavy atom. The molecule has 1 heterocycles. The molecular weight excluding hydrogens is 364 g/mol. The minimum Gasteiger partial charge on any atom is -0.415 e. The molecule has 0 saturated carbocycles. The van der Waals surface area contributed by atoms with Gasteiger partial charge in [-0.15, -0.1) is 23.6 Å². The van der Waals surface area contributed by atoms with Crippen molar-refractivity contribution < 1.29 is 31.1 Å². The first-order chi connectivity index (χ1) is 4.88. The molecule has 0 aliphatic carbocycles. The van der Waals surface area contributed by atoms with Crippen molar-refractivity contribution in [2.24, 2.45) is 0 Å². The number of rotatable bonds is 0. The number of aromatic nitrogens is 1. The summed E-state index contributed by atoms with van der Waals surface area (Å²) in [7, 11) is 0. The number of nitrogens with one attached hydrogen (secondary N) is 1. The van der Waals surface area contributed by atoms with Crippen molar-refractivity contribution in [2.45, 2.75) is 0 Å². The van der Waals surface area contributed by atoms with Gasteiger partial charge in [0, 0.05) is 31.1 Å². The van der Waals surface area contributed by atoms with Gasteiger partial charge in [0.25, 0.3) is 0 Å². The number of H-pyrrole nitrogens is 1. The quantitative estimate of drug-likeness (QED) is 0.696. The smallest absolute Gasteiger partial charge is 0.137 e. The van der Waals surface area contributed by atoms with Crippen molar-refractivity contribution >= 4 is 10.8 Å². The first-order valence-corrected chi connectivity index (χ1v) is 3.11. The summed E-state index contributed by atoms with van der Waals surface area (Å²) in [5, 5.41) is 1.75. The third-order valence-electron chi connectivity index (χ3n) is 1.56. The van der Waals surface area contributed by atoms with E-state index in [2.05, 4.69) is 4.98 Å². The molecule has 3 heteroatoms. The van der Waals surface area contributed by atoms with Crippen LogP contribution in [-0.2, 0) is 0 Å². The van der Waals surface area contributed by atoms with Gasteiger partial charge in [-0.05, 0) is 0 Å². The normalized spacial score (nSPS) is 9.45. The Bertz CT molecular complexity index is 401. The zero-order chi connectivity index (χ0) is 6.97. The molecule has 1 aromatic carbocycles. The van der Waals surface area contributed by atoms with Gasteiger partial charge in [0.2, 0.25) is 0 Å². The maximum Gasteiger partial charge on any atom is 0.137 e. The summed E-state index contributed by atoms with van der Waals surface area (Å²) >= 11 is 0. The first kappa shape index (κ1) is 8.71. The molecular formula is C8H6NOU-. The molecule has 0 atom stereocenters. The molecule has 54 valence electrons. The van der Waals surface area contributed by atoms with Gasteiger partial charge in [0.15, 0.2) is 0 Å². The predicted octanol–water partition coefficient (Wildman–Crippen LogP) is 1.25. The topological polar surface area (TPSA) is 32.9 Å². The summed E-state index contributed by atoms with van der Waals surface area (Å²) in [5.74, 6) is 0. The fraction of sp³-hybridized carbons (Fsp3) is 0. The second-order valence-electron chi connectivity index (χ2n) is 2.21. The van der Waals surface area contributed by atoms with E-state index in [0.717, 1.165) is 10.8 Å². The van der Waals surface area contributed by atoms with Crippen LogP contribution in [0.1, 0.15) is 0 Å². The van der Waals surface area contributed by atoms with Crippen molar-refractivity contribution in [2.75, 3.05) is 0 Å². The van der Waals surface area contributed by atoms with Crippen LogP contribution < -0.4 is 5.56 Å². The minimum absolute atomic E-state index is 0. The Balaban J connectivity index is 0.000000605. The molecule has 2 rings (SSSR count). The minimum atomic E-state index is -0.00407. The van der Waals surface area contributed by atoms with Crippen molar-refractivity contribution in [3.63, 3.8) is 0 Å². The van der Waals surface area contributed by atoms with E-state index in [1.807, 2.05) is 24.3 Å². The van der Waals surface area contributed by atoms with Gasteiger partial charge < -0.3 is 9.78 Å². The molecule has 1 aromatic heterocycles. The number of aromatic amines is 1. The van der Waals surface area contributed by atoms with E-state index in [0.29, 0.717) is 0 Å². The van der Waals surface area contributed by atoms with Gasteiger partial charge >= 0.3 is 0 Å². The summed E-state index contributed by atoms with van der Waals surface area (Å²) in [6, 6.07) is 7.49. The number of hydrogen-bond acceptors (Lipinski definition) is 1. The van der Waals surface area contributed by atoms with Gasteiger partial charge in [-0.1, -0.05) is 17.6 Å². The molecule has 0 fully saturated rings. The maximum atomic E-state index is 10.9. The predicted molar refractivity (Wildman–Crippen MR) is 40.2 cm³/mol. The summed E-state index contributed by atoms with van der Waals surface area (Å²) in [6.07, 6.45) is 1.72. The van der Waals surface area contributed by atoms with Crippen LogP contribution in [0.2, 0.25) is 0 Å². The number of hydrogen-bond donors (Lipinski definition) is 1. The number of fused-ring (bicyclic) bond motifs is 1. The van der Waals surface area contributed by atoms with E-state index in [4.69, 9.17) is 0 Å². The van der Waals surface area contributed by atoms with E-state index >= 15 is 0 Å². The van der Waals surface area contributed by atoms with E-state index in [1.165, 1.54) is 0 Å². The molecule has 0 radical (unpaired) electrons. The fourth-order valence-electron chi connectivity index (χ4n) is 1.05. The summed E-state index contributed by atoms with van der Waals surface area (Å²) < 4.78 is 0. The molecule has 0 spiro atoms. The third-order valence-corrected chi connectivity index (χ3v) is 1.56. The van der Waals surface area contributed by atoms with Crippen molar-refractivity contribution in [1.82, 2.24) is 4.98 Å². The molecule has 0 unspecified atom stereocenters.